The van der Waals surface area contributed by atoms with Gasteiger partial charge in [-0.2, -0.15) is 0 Å². The summed E-state index contributed by atoms with van der Waals surface area (Å²) in [7, 11) is 2.98. The van der Waals surface area contributed by atoms with Gasteiger partial charge in [0.05, 0.1) is 19.0 Å². The maximum absolute atomic E-state index is 11.5. The van der Waals surface area contributed by atoms with Gasteiger partial charge < -0.3 is 23.7 Å². The number of hydrogen-bond acceptors (Lipinski definition) is 7. The van der Waals surface area contributed by atoms with Crippen molar-refractivity contribution in [3.8, 4) is 34.3 Å². The second-order valence-electron chi connectivity index (χ2n) is 5.57. The maximum atomic E-state index is 11.5. The van der Waals surface area contributed by atoms with E-state index >= 15 is 0 Å². The quantitative estimate of drug-likeness (QED) is 0.285. The average Bonchev–Trinajstić information content (AvgIpc) is 2.97. The molecule has 2 rings (SSSR count). The second kappa shape index (κ2) is 9.92. The minimum atomic E-state index is -2.15. The number of ether oxygens (including phenoxy) is 3. The number of methoxy groups -OCH3 is 2. The monoisotopic (exact) mass is 477 g/mol. The van der Waals surface area contributed by atoms with E-state index in [4.69, 9.17) is 23.2 Å². The Morgan fingerprint density at radius 1 is 1.29 bits per heavy atom. The highest BCUT2D eigenvalue weighted by atomic mass is 79.9. The Labute approximate surface area is 172 Å². The summed E-state index contributed by atoms with van der Waals surface area (Å²) in [6, 6.07) is 4.91. The SMILES string of the molecule is COc1cc(OC)cc(-c2oc(C(Br)CCNS(=O)O)c(OC(C)=O)c2O)c1. The third-order valence-corrected chi connectivity index (χ3v) is 4.96. The molecule has 1 heterocycles. The fraction of sp³-hybridized carbons (Fsp3) is 0.353. The molecule has 2 aromatic rings. The number of furan rings is 1. The largest absolute Gasteiger partial charge is 0.502 e. The number of carbonyl (C=O) groups is 1. The molecule has 3 N–H and O–H groups in total. The topological polar surface area (TPSA) is 127 Å². The van der Waals surface area contributed by atoms with Crippen molar-refractivity contribution in [3.63, 3.8) is 0 Å². The van der Waals surface area contributed by atoms with Crippen molar-refractivity contribution in [2.75, 3.05) is 20.8 Å². The first-order valence-electron chi connectivity index (χ1n) is 8.02. The van der Waals surface area contributed by atoms with Gasteiger partial charge >= 0.3 is 5.97 Å². The summed E-state index contributed by atoms with van der Waals surface area (Å²) in [6.45, 7) is 1.37. The predicted octanol–water partition coefficient (Wildman–Crippen LogP) is 3.15. The maximum Gasteiger partial charge on any atom is 0.308 e. The lowest BCUT2D eigenvalue weighted by Crippen LogP contribution is -2.18. The normalized spacial score (nSPS) is 13.0. The summed E-state index contributed by atoms with van der Waals surface area (Å²) in [5.41, 5.74) is 0.447. The van der Waals surface area contributed by atoms with Crippen molar-refractivity contribution in [1.82, 2.24) is 4.72 Å². The number of benzene rings is 1. The number of esters is 1. The molecule has 0 spiro atoms. The minimum absolute atomic E-state index is 0.0617. The summed E-state index contributed by atoms with van der Waals surface area (Å²) >= 11 is 1.23. The van der Waals surface area contributed by atoms with Crippen molar-refractivity contribution in [2.45, 2.75) is 18.2 Å². The van der Waals surface area contributed by atoms with Crippen LogP contribution in [0.3, 0.4) is 0 Å². The molecule has 0 saturated carbocycles. The second-order valence-corrected chi connectivity index (χ2v) is 7.46. The van der Waals surface area contributed by atoms with E-state index in [-0.39, 0.29) is 29.6 Å². The van der Waals surface area contributed by atoms with E-state index in [0.29, 0.717) is 23.5 Å². The lowest BCUT2D eigenvalue weighted by molar-refractivity contribution is -0.132. The molecule has 0 amide bonds. The molecule has 0 fully saturated rings. The molecule has 2 unspecified atom stereocenters. The Bertz CT molecular complexity index is 847. The van der Waals surface area contributed by atoms with Gasteiger partial charge in [0, 0.05) is 25.1 Å². The van der Waals surface area contributed by atoms with Crippen molar-refractivity contribution in [3.05, 3.63) is 24.0 Å². The first-order valence-corrected chi connectivity index (χ1v) is 10.0. The Hall–Kier alpha value is -2.08. The van der Waals surface area contributed by atoms with Crippen LogP contribution < -0.4 is 18.9 Å². The zero-order valence-corrected chi connectivity index (χ0v) is 17.8. The molecule has 154 valence electrons. The third-order valence-electron chi connectivity index (χ3n) is 3.63. The van der Waals surface area contributed by atoms with E-state index < -0.39 is 22.1 Å². The van der Waals surface area contributed by atoms with Gasteiger partial charge in [0.25, 0.3) is 0 Å². The molecule has 0 aliphatic rings. The van der Waals surface area contributed by atoms with E-state index in [1.165, 1.54) is 21.1 Å². The van der Waals surface area contributed by atoms with Crippen LogP contribution in [0.15, 0.2) is 22.6 Å². The first-order chi connectivity index (χ1) is 13.3. The Balaban J connectivity index is 2.47. The van der Waals surface area contributed by atoms with E-state index in [1.54, 1.807) is 18.2 Å². The molecule has 0 bridgehead atoms. The van der Waals surface area contributed by atoms with Gasteiger partial charge in [-0.1, -0.05) is 15.9 Å². The number of nitrogens with one attached hydrogen (secondary N) is 1. The Kier molecular flexibility index (Phi) is 7.87. The summed E-state index contributed by atoms with van der Waals surface area (Å²) in [6.07, 6.45) is 0.314. The molecule has 9 nitrogen and oxygen atoms in total. The molecule has 2 atom stereocenters. The first kappa shape index (κ1) is 22.2. The molecule has 0 aliphatic heterocycles. The molecular weight excluding hydrogens is 458 g/mol. The van der Waals surface area contributed by atoms with Crippen LogP contribution in [-0.4, -0.2) is 40.6 Å². The van der Waals surface area contributed by atoms with E-state index in [2.05, 4.69) is 20.7 Å². The van der Waals surface area contributed by atoms with E-state index in [0.717, 1.165) is 0 Å². The van der Waals surface area contributed by atoms with Crippen LogP contribution >= 0.6 is 15.9 Å². The molecule has 11 heteroatoms. The summed E-state index contributed by atoms with van der Waals surface area (Å²) in [5, 5.41) is 10.6. The lowest BCUT2D eigenvalue weighted by atomic mass is 10.1. The van der Waals surface area contributed by atoms with Gasteiger partial charge in [0.15, 0.2) is 11.5 Å². The summed E-state index contributed by atoms with van der Waals surface area (Å²) in [4.78, 5) is 11.0. The average molecular weight is 478 g/mol. The van der Waals surface area contributed by atoms with Gasteiger partial charge in [-0.3, -0.25) is 9.35 Å². The van der Waals surface area contributed by atoms with Gasteiger partial charge in [0.2, 0.25) is 22.8 Å². The van der Waals surface area contributed by atoms with Crippen LogP contribution in [0.4, 0.5) is 0 Å². The molecule has 1 aromatic carbocycles. The lowest BCUT2D eigenvalue weighted by Gasteiger charge is -2.09. The number of hydrogen-bond donors (Lipinski definition) is 3. The number of rotatable bonds is 9. The highest BCUT2D eigenvalue weighted by Gasteiger charge is 2.28. The summed E-state index contributed by atoms with van der Waals surface area (Å²) in [5.74, 6) is 0.0550. The summed E-state index contributed by atoms with van der Waals surface area (Å²) < 4.78 is 43.2. The highest BCUT2D eigenvalue weighted by Crippen LogP contribution is 2.49. The molecule has 0 saturated heterocycles. The van der Waals surface area contributed by atoms with Gasteiger partial charge in [-0.25, -0.2) is 8.93 Å². The number of halogens is 1. The smallest absolute Gasteiger partial charge is 0.308 e. The van der Waals surface area contributed by atoms with Crippen LogP contribution in [0.25, 0.3) is 11.3 Å². The van der Waals surface area contributed by atoms with Crippen molar-refractivity contribution >= 4 is 33.2 Å². The zero-order chi connectivity index (χ0) is 20.8. The molecule has 1 aromatic heterocycles. The molecular formula is C17H20BrNO8S. The predicted molar refractivity (Wildman–Crippen MR) is 105 cm³/mol. The minimum Gasteiger partial charge on any atom is -0.502 e. The molecule has 0 radical (unpaired) electrons. The van der Waals surface area contributed by atoms with Gasteiger partial charge in [-0.05, 0) is 18.6 Å². The van der Waals surface area contributed by atoms with Crippen LogP contribution in [0.1, 0.15) is 23.9 Å². The Morgan fingerprint density at radius 2 is 1.89 bits per heavy atom. The standard InChI is InChI=1S/C17H20BrNO8S/c1-9(20)26-17-14(21)15(10-6-11(24-2)8-12(7-10)25-3)27-16(17)13(18)4-5-19-28(22)23/h6-8,13,19,21H,4-5H2,1-3H3,(H,22,23). The molecule has 0 aliphatic carbocycles. The van der Waals surface area contributed by atoms with Crippen molar-refractivity contribution in [1.29, 1.82) is 0 Å². The Morgan fingerprint density at radius 3 is 2.39 bits per heavy atom. The highest BCUT2D eigenvalue weighted by molar-refractivity contribution is 9.09. The van der Waals surface area contributed by atoms with Crippen LogP contribution in [0.2, 0.25) is 0 Å². The van der Waals surface area contributed by atoms with Crippen LogP contribution in [0.5, 0.6) is 23.0 Å². The van der Waals surface area contributed by atoms with Crippen LogP contribution in [0, 0.1) is 0 Å². The number of carbonyl (C=O) groups excluding carboxylic acids is 1. The third kappa shape index (κ3) is 5.47. The number of alkyl halides is 1. The van der Waals surface area contributed by atoms with Crippen LogP contribution in [-0.2, 0) is 16.1 Å². The van der Waals surface area contributed by atoms with Crippen molar-refractivity contribution < 1.29 is 37.3 Å². The van der Waals surface area contributed by atoms with Crippen molar-refractivity contribution in [2.24, 2.45) is 0 Å². The fourth-order valence-corrected chi connectivity index (χ4v) is 3.23. The number of aromatic hydroxyl groups is 1. The fourth-order valence-electron chi connectivity index (χ4n) is 2.41. The van der Waals surface area contributed by atoms with E-state index in [1.807, 2.05) is 0 Å². The van der Waals surface area contributed by atoms with E-state index in [9.17, 15) is 14.1 Å². The van der Waals surface area contributed by atoms with Gasteiger partial charge in [0.1, 0.15) is 11.5 Å². The zero-order valence-electron chi connectivity index (χ0n) is 15.4. The molecule has 28 heavy (non-hydrogen) atoms. The van der Waals surface area contributed by atoms with Gasteiger partial charge in [-0.15, -0.1) is 0 Å².